The summed E-state index contributed by atoms with van der Waals surface area (Å²) in [5.74, 6) is 0. The largest absolute Gasteiger partial charge is 0.268 e. The molecule has 17 heavy (non-hydrogen) atoms. The standard InChI is InChI=1S/C14H15N3/c1-3-14-11(2)9-17(16-14)10-13-6-4-12(8-15)5-7-13/h4-7,9H,3,10H2,1-2H3. The predicted octanol–water partition coefficient (Wildman–Crippen LogP) is 2.67. The minimum absolute atomic E-state index is 0.694. The lowest BCUT2D eigenvalue weighted by Crippen LogP contribution is -2.00. The first-order valence-corrected chi connectivity index (χ1v) is 5.75. The smallest absolute Gasteiger partial charge is 0.0991 e. The van der Waals surface area contributed by atoms with E-state index < -0.39 is 0 Å². The van der Waals surface area contributed by atoms with E-state index in [9.17, 15) is 0 Å². The maximum absolute atomic E-state index is 8.72. The normalized spacial score (nSPS) is 10.2. The van der Waals surface area contributed by atoms with Crippen molar-refractivity contribution in [1.82, 2.24) is 9.78 Å². The van der Waals surface area contributed by atoms with Crippen molar-refractivity contribution in [3.05, 3.63) is 52.8 Å². The molecular weight excluding hydrogens is 210 g/mol. The Labute approximate surface area is 101 Å². The molecule has 0 aliphatic heterocycles. The molecule has 0 saturated heterocycles. The van der Waals surface area contributed by atoms with Crippen molar-refractivity contribution in [1.29, 1.82) is 5.26 Å². The molecule has 0 aliphatic rings. The molecule has 3 nitrogen and oxygen atoms in total. The average molecular weight is 225 g/mol. The summed E-state index contributed by atoms with van der Waals surface area (Å²) in [7, 11) is 0. The molecule has 0 unspecified atom stereocenters. The summed E-state index contributed by atoms with van der Waals surface area (Å²) in [5.41, 5.74) is 4.24. The highest BCUT2D eigenvalue weighted by molar-refractivity contribution is 5.31. The Hall–Kier alpha value is -2.08. The molecule has 0 radical (unpaired) electrons. The van der Waals surface area contributed by atoms with Gasteiger partial charge in [0.05, 0.1) is 23.9 Å². The van der Waals surface area contributed by atoms with Crippen LogP contribution in [0.15, 0.2) is 30.5 Å². The molecule has 0 atom stereocenters. The summed E-state index contributed by atoms with van der Waals surface area (Å²) >= 11 is 0. The summed E-state index contributed by atoms with van der Waals surface area (Å²) in [6, 6.07) is 9.74. The fourth-order valence-corrected chi connectivity index (χ4v) is 1.86. The Balaban J connectivity index is 2.17. The van der Waals surface area contributed by atoms with Gasteiger partial charge in [-0.2, -0.15) is 10.4 Å². The number of hydrogen-bond acceptors (Lipinski definition) is 2. The molecule has 0 spiro atoms. The van der Waals surface area contributed by atoms with Gasteiger partial charge in [0.2, 0.25) is 0 Å². The number of nitriles is 1. The van der Waals surface area contributed by atoms with Crippen LogP contribution in [0.4, 0.5) is 0 Å². The zero-order valence-electron chi connectivity index (χ0n) is 10.1. The average Bonchev–Trinajstić information content (AvgIpc) is 2.70. The molecule has 0 fully saturated rings. The monoisotopic (exact) mass is 225 g/mol. The van der Waals surface area contributed by atoms with Crippen LogP contribution in [0.5, 0.6) is 0 Å². The number of nitrogens with zero attached hydrogens (tertiary/aromatic N) is 3. The van der Waals surface area contributed by atoms with Crippen molar-refractivity contribution in [2.45, 2.75) is 26.8 Å². The summed E-state index contributed by atoms with van der Waals surface area (Å²) in [4.78, 5) is 0. The van der Waals surface area contributed by atoms with E-state index in [-0.39, 0.29) is 0 Å². The summed E-state index contributed by atoms with van der Waals surface area (Å²) in [6.45, 7) is 4.95. The van der Waals surface area contributed by atoms with Crippen LogP contribution in [0.2, 0.25) is 0 Å². The zero-order valence-corrected chi connectivity index (χ0v) is 10.1. The highest BCUT2D eigenvalue weighted by atomic mass is 15.3. The molecule has 2 aromatic rings. The lowest BCUT2D eigenvalue weighted by Gasteiger charge is -2.01. The number of aryl methyl sites for hydroxylation is 2. The third-order valence-corrected chi connectivity index (χ3v) is 2.81. The second-order valence-corrected chi connectivity index (χ2v) is 4.12. The van der Waals surface area contributed by atoms with Crippen molar-refractivity contribution in [2.75, 3.05) is 0 Å². The molecule has 0 amide bonds. The Morgan fingerprint density at radius 1 is 1.29 bits per heavy atom. The number of aromatic nitrogens is 2. The van der Waals surface area contributed by atoms with Crippen molar-refractivity contribution < 1.29 is 0 Å². The van der Waals surface area contributed by atoms with Gasteiger partial charge in [-0.05, 0) is 36.6 Å². The van der Waals surface area contributed by atoms with Crippen molar-refractivity contribution in [3.8, 4) is 6.07 Å². The number of rotatable bonds is 3. The number of hydrogen-bond donors (Lipinski definition) is 0. The van der Waals surface area contributed by atoms with E-state index in [1.807, 2.05) is 28.9 Å². The van der Waals surface area contributed by atoms with Gasteiger partial charge in [0, 0.05) is 6.20 Å². The molecule has 0 aliphatic carbocycles. The Morgan fingerprint density at radius 2 is 2.00 bits per heavy atom. The summed E-state index contributed by atoms with van der Waals surface area (Å²) in [5, 5.41) is 13.2. The Kier molecular flexibility index (Phi) is 3.24. The predicted molar refractivity (Wildman–Crippen MR) is 66.6 cm³/mol. The molecular formula is C14H15N3. The molecule has 0 N–H and O–H groups in total. The van der Waals surface area contributed by atoms with Crippen LogP contribution in [0.3, 0.4) is 0 Å². The van der Waals surface area contributed by atoms with Gasteiger partial charge in [-0.25, -0.2) is 0 Å². The van der Waals surface area contributed by atoms with E-state index in [2.05, 4.69) is 31.2 Å². The molecule has 3 heteroatoms. The third-order valence-electron chi connectivity index (χ3n) is 2.81. The molecule has 0 bridgehead atoms. The summed E-state index contributed by atoms with van der Waals surface area (Å²) < 4.78 is 1.95. The van der Waals surface area contributed by atoms with Crippen LogP contribution in [0.25, 0.3) is 0 Å². The molecule has 1 heterocycles. The van der Waals surface area contributed by atoms with Gasteiger partial charge in [-0.1, -0.05) is 19.1 Å². The van der Waals surface area contributed by atoms with Crippen molar-refractivity contribution in [2.24, 2.45) is 0 Å². The van der Waals surface area contributed by atoms with Gasteiger partial charge >= 0.3 is 0 Å². The lowest BCUT2D eigenvalue weighted by molar-refractivity contribution is 0.673. The van der Waals surface area contributed by atoms with Crippen LogP contribution >= 0.6 is 0 Å². The van der Waals surface area contributed by atoms with Gasteiger partial charge in [0.15, 0.2) is 0 Å². The maximum Gasteiger partial charge on any atom is 0.0991 e. The second-order valence-electron chi connectivity index (χ2n) is 4.12. The van der Waals surface area contributed by atoms with E-state index in [0.717, 1.165) is 24.2 Å². The van der Waals surface area contributed by atoms with Gasteiger partial charge < -0.3 is 0 Å². The first kappa shape index (κ1) is 11.4. The van der Waals surface area contributed by atoms with Crippen molar-refractivity contribution >= 4 is 0 Å². The molecule has 86 valence electrons. The van der Waals surface area contributed by atoms with Crippen LogP contribution in [-0.4, -0.2) is 9.78 Å². The Morgan fingerprint density at radius 3 is 2.53 bits per heavy atom. The first-order chi connectivity index (χ1) is 8.22. The van der Waals surface area contributed by atoms with E-state index in [0.29, 0.717) is 5.56 Å². The fraction of sp³-hybridized carbons (Fsp3) is 0.286. The lowest BCUT2D eigenvalue weighted by atomic mass is 10.1. The van der Waals surface area contributed by atoms with Gasteiger partial charge in [-0.3, -0.25) is 4.68 Å². The summed E-state index contributed by atoms with van der Waals surface area (Å²) in [6.07, 6.45) is 3.03. The van der Waals surface area contributed by atoms with Gasteiger partial charge in [-0.15, -0.1) is 0 Å². The second kappa shape index (κ2) is 4.84. The maximum atomic E-state index is 8.72. The topological polar surface area (TPSA) is 41.6 Å². The molecule has 1 aromatic heterocycles. The molecule has 1 aromatic carbocycles. The first-order valence-electron chi connectivity index (χ1n) is 5.75. The van der Waals surface area contributed by atoms with Crippen LogP contribution in [-0.2, 0) is 13.0 Å². The third kappa shape index (κ3) is 2.54. The molecule has 2 rings (SSSR count). The van der Waals surface area contributed by atoms with Gasteiger partial charge in [0.1, 0.15) is 0 Å². The Bertz CT molecular complexity index is 544. The highest BCUT2D eigenvalue weighted by Gasteiger charge is 2.03. The van der Waals surface area contributed by atoms with Crippen molar-refractivity contribution in [3.63, 3.8) is 0 Å². The van der Waals surface area contributed by atoms with E-state index in [1.54, 1.807) is 0 Å². The SMILES string of the molecule is CCc1nn(Cc2ccc(C#N)cc2)cc1C. The van der Waals surface area contributed by atoms with Crippen LogP contribution in [0.1, 0.15) is 29.3 Å². The fourth-order valence-electron chi connectivity index (χ4n) is 1.86. The van der Waals surface area contributed by atoms with E-state index in [4.69, 9.17) is 5.26 Å². The van der Waals surface area contributed by atoms with E-state index in [1.165, 1.54) is 5.56 Å². The minimum Gasteiger partial charge on any atom is -0.268 e. The zero-order chi connectivity index (χ0) is 12.3. The highest BCUT2D eigenvalue weighted by Crippen LogP contribution is 2.09. The van der Waals surface area contributed by atoms with Gasteiger partial charge in [0.25, 0.3) is 0 Å². The quantitative estimate of drug-likeness (QED) is 0.805. The van der Waals surface area contributed by atoms with Crippen LogP contribution < -0.4 is 0 Å². The van der Waals surface area contributed by atoms with Crippen LogP contribution in [0, 0.1) is 18.3 Å². The van der Waals surface area contributed by atoms with E-state index >= 15 is 0 Å². The number of benzene rings is 1. The molecule has 0 saturated carbocycles. The minimum atomic E-state index is 0.694.